The van der Waals surface area contributed by atoms with Crippen molar-refractivity contribution in [1.29, 1.82) is 0 Å². The lowest BCUT2D eigenvalue weighted by molar-refractivity contribution is -0.282. The molecule has 0 fully saturated rings. The first-order valence-corrected chi connectivity index (χ1v) is 2.98. The van der Waals surface area contributed by atoms with E-state index >= 15 is 0 Å². The molecular formula is C7H9NO2. The minimum absolute atomic E-state index is 0.449. The molecule has 1 aromatic heterocycles. The summed E-state index contributed by atoms with van der Waals surface area (Å²) in [5.74, 6) is 0. The fourth-order valence-electron chi connectivity index (χ4n) is 0.610. The molecule has 3 heteroatoms. The molecule has 0 unspecified atom stereocenters. The highest BCUT2D eigenvalue weighted by molar-refractivity contribution is 5.06. The summed E-state index contributed by atoms with van der Waals surface area (Å²) in [6, 6.07) is 3.78. The van der Waals surface area contributed by atoms with E-state index in [4.69, 9.17) is 0 Å². The topological polar surface area (TPSA) is 31.4 Å². The average molecular weight is 139 g/mol. The molecule has 0 bridgehead atoms. The molecule has 0 radical (unpaired) electrons. The van der Waals surface area contributed by atoms with Gasteiger partial charge in [0.1, 0.15) is 6.61 Å². The van der Waals surface area contributed by atoms with E-state index in [9.17, 15) is 0 Å². The van der Waals surface area contributed by atoms with Gasteiger partial charge in [-0.25, -0.2) is 9.78 Å². The van der Waals surface area contributed by atoms with E-state index in [1.807, 2.05) is 12.1 Å². The van der Waals surface area contributed by atoms with Crippen LogP contribution in [0.1, 0.15) is 5.56 Å². The molecule has 10 heavy (non-hydrogen) atoms. The molecule has 0 N–H and O–H groups in total. The predicted molar refractivity (Wildman–Crippen MR) is 36.0 cm³/mol. The van der Waals surface area contributed by atoms with E-state index in [1.54, 1.807) is 12.4 Å². The molecular weight excluding hydrogens is 130 g/mol. The van der Waals surface area contributed by atoms with E-state index < -0.39 is 0 Å². The summed E-state index contributed by atoms with van der Waals surface area (Å²) in [7, 11) is 1.48. The van der Waals surface area contributed by atoms with Crippen molar-refractivity contribution < 1.29 is 9.78 Å². The van der Waals surface area contributed by atoms with Crippen molar-refractivity contribution in [3.05, 3.63) is 30.1 Å². The Labute approximate surface area is 59.5 Å². The molecule has 0 saturated heterocycles. The predicted octanol–water partition coefficient (Wildman–Crippen LogP) is 1.16. The molecule has 3 nitrogen and oxygen atoms in total. The highest BCUT2D eigenvalue weighted by Gasteiger charge is 1.89. The molecule has 0 amide bonds. The van der Waals surface area contributed by atoms with Crippen LogP contribution in [0.2, 0.25) is 0 Å². The third-order valence-corrected chi connectivity index (χ3v) is 1.07. The van der Waals surface area contributed by atoms with Crippen molar-refractivity contribution in [3.8, 4) is 0 Å². The first-order valence-electron chi connectivity index (χ1n) is 2.98. The standard InChI is InChI=1S/C7H9NO2/c1-9-10-6-7-3-2-4-8-5-7/h2-5H,6H2,1H3. The highest BCUT2D eigenvalue weighted by atomic mass is 17.2. The van der Waals surface area contributed by atoms with Gasteiger partial charge in [0.15, 0.2) is 0 Å². The number of hydrogen-bond acceptors (Lipinski definition) is 3. The number of nitrogens with zero attached hydrogens (tertiary/aromatic N) is 1. The van der Waals surface area contributed by atoms with Crippen molar-refractivity contribution in [2.75, 3.05) is 7.11 Å². The van der Waals surface area contributed by atoms with E-state index in [0.717, 1.165) is 5.56 Å². The minimum atomic E-state index is 0.449. The van der Waals surface area contributed by atoms with Crippen LogP contribution in [0.25, 0.3) is 0 Å². The Kier molecular flexibility index (Phi) is 2.86. The van der Waals surface area contributed by atoms with Gasteiger partial charge in [-0.3, -0.25) is 4.98 Å². The number of aromatic nitrogens is 1. The summed E-state index contributed by atoms with van der Waals surface area (Å²) in [6.07, 6.45) is 3.45. The summed E-state index contributed by atoms with van der Waals surface area (Å²) in [4.78, 5) is 13.0. The quantitative estimate of drug-likeness (QED) is 0.465. The second-order valence-corrected chi connectivity index (χ2v) is 1.79. The largest absolute Gasteiger partial charge is 0.264 e. The average Bonchev–Trinajstić information content (AvgIpc) is 2.03. The van der Waals surface area contributed by atoms with Gasteiger partial charge in [-0.2, -0.15) is 0 Å². The summed E-state index contributed by atoms with van der Waals surface area (Å²) >= 11 is 0. The fraction of sp³-hybridized carbons (Fsp3) is 0.286. The van der Waals surface area contributed by atoms with Crippen molar-refractivity contribution in [2.45, 2.75) is 6.61 Å². The second kappa shape index (κ2) is 3.98. The lowest BCUT2D eigenvalue weighted by Gasteiger charge is -1.97. The third kappa shape index (κ3) is 2.13. The van der Waals surface area contributed by atoms with Crippen molar-refractivity contribution in [2.24, 2.45) is 0 Å². The lowest BCUT2D eigenvalue weighted by atomic mass is 10.3. The van der Waals surface area contributed by atoms with Gasteiger partial charge in [0.2, 0.25) is 0 Å². The zero-order valence-corrected chi connectivity index (χ0v) is 5.78. The maximum absolute atomic E-state index is 4.68. The Bertz CT molecular complexity index is 176. The van der Waals surface area contributed by atoms with Gasteiger partial charge in [-0.1, -0.05) is 6.07 Å². The molecule has 1 aromatic rings. The van der Waals surface area contributed by atoms with E-state index in [0.29, 0.717) is 6.61 Å². The van der Waals surface area contributed by atoms with Gasteiger partial charge in [0, 0.05) is 12.4 Å². The Balaban J connectivity index is 2.43. The summed E-state index contributed by atoms with van der Waals surface area (Å²) in [6.45, 7) is 0.449. The summed E-state index contributed by atoms with van der Waals surface area (Å²) in [5.41, 5.74) is 1.00. The molecule has 1 rings (SSSR count). The molecule has 0 aliphatic heterocycles. The number of hydrogen-bond donors (Lipinski definition) is 0. The first kappa shape index (κ1) is 7.18. The van der Waals surface area contributed by atoms with Crippen LogP contribution in [0.5, 0.6) is 0 Å². The maximum atomic E-state index is 4.68. The Morgan fingerprint density at radius 3 is 3.10 bits per heavy atom. The Hall–Kier alpha value is -0.930. The van der Waals surface area contributed by atoms with Crippen LogP contribution in [-0.4, -0.2) is 12.1 Å². The zero-order chi connectivity index (χ0) is 7.23. The summed E-state index contributed by atoms with van der Waals surface area (Å²) in [5, 5.41) is 0. The van der Waals surface area contributed by atoms with Crippen LogP contribution in [0.4, 0.5) is 0 Å². The Morgan fingerprint density at radius 1 is 1.60 bits per heavy atom. The van der Waals surface area contributed by atoms with Gasteiger partial charge >= 0.3 is 0 Å². The number of rotatable bonds is 3. The normalized spacial score (nSPS) is 9.70. The smallest absolute Gasteiger partial charge is 0.109 e. The molecule has 0 saturated carbocycles. The maximum Gasteiger partial charge on any atom is 0.109 e. The van der Waals surface area contributed by atoms with Crippen molar-refractivity contribution in [1.82, 2.24) is 4.98 Å². The fourth-order valence-corrected chi connectivity index (χ4v) is 0.610. The van der Waals surface area contributed by atoms with Crippen LogP contribution >= 0.6 is 0 Å². The Morgan fingerprint density at radius 2 is 2.50 bits per heavy atom. The summed E-state index contributed by atoms with van der Waals surface area (Å²) < 4.78 is 0. The van der Waals surface area contributed by atoms with Crippen LogP contribution in [0, 0.1) is 0 Å². The van der Waals surface area contributed by atoms with Crippen molar-refractivity contribution >= 4 is 0 Å². The monoisotopic (exact) mass is 139 g/mol. The lowest BCUT2D eigenvalue weighted by Crippen LogP contribution is -1.90. The number of pyridine rings is 1. The highest BCUT2D eigenvalue weighted by Crippen LogP contribution is 1.96. The van der Waals surface area contributed by atoms with Gasteiger partial charge in [0.25, 0.3) is 0 Å². The molecule has 54 valence electrons. The zero-order valence-electron chi connectivity index (χ0n) is 5.78. The molecule has 0 aromatic carbocycles. The van der Waals surface area contributed by atoms with Crippen LogP contribution in [0.3, 0.4) is 0 Å². The van der Waals surface area contributed by atoms with Crippen LogP contribution in [0.15, 0.2) is 24.5 Å². The molecule has 0 atom stereocenters. The van der Waals surface area contributed by atoms with Crippen LogP contribution < -0.4 is 0 Å². The van der Waals surface area contributed by atoms with E-state index in [-0.39, 0.29) is 0 Å². The molecule has 0 spiro atoms. The van der Waals surface area contributed by atoms with Gasteiger partial charge in [-0.15, -0.1) is 0 Å². The van der Waals surface area contributed by atoms with Gasteiger partial charge < -0.3 is 0 Å². The second-order valence-electron chi connectivity index (χ2n) is 1.79. The van der Waals surface area contributed by atoms with Gasteiger partial charge in [-0.05, 0) is 11.6 Å². The minimum Gasteiger partial charge on any atom is -0.264 e. The van der Waals surface area contributed by atoms with Crippen molar-refractivity contribution in [3.63, 3.8) is 0 Å². The van der Waals surface area contributed by atoms with Crippen LogP contribution in [-0.2, 0) is 16.4 Å². The molecule has 0 aliphatic carbocycles. The first-order chi connectivity index (χ1) is 4.93. The third-order valence-electron chi connectivity index (χ3n) is 1.07. The van der Waals surface area contributed by atoms with E-state index in [1.165, 1.54) is 7.11 Å². The van der Waals surface area contributed by atoms with E-state index in [2.05, 4.69) is 14.8 Å². The van der Waals surface area contributed by atoms with Gasteiger partial charge in [0.05, 0.1) is 7.11 Å². The molecule has 0 aliphatic rings. The molecule has 1 heterocycles. The SMILES string of the molecule is COOCc1cccnc1.